The zero-order valence-electron chi connectivity index (χ0n) is 17.5. The van der Waals surface area contributed by atoms with Crippen LogP contribution in [0.5, 0.6) is 5.75 Å². The van der Waals surface area contributed by atoms with E-state index in [-0.39, 0.29) is 11.8 Å². The number of hydrogen-bond donors (Lipinski definition) is 1. The Kier molecular flexibility index (Phi) is 6.00. The minimum atomic E-state index is 0.142. The first-order valence-electron chi connectivity index (χ1n) is 11.0. The molecule has 5 rings (SSSR count). The van der Waals surface area contributed by atoms with Gasteiger partial charge in [-0.15, -0.1) is 11.3 Å². The van der Waals surface area contributed by atoms with Crippen LogP contribution >= 0.6 is 11.3 Å². The van der Waals surface area contributed by atoms with Crippen LogP contribution in [0.25, 0.3) is 0 Å². The first-order valence-corrected chi connectivity index (χ1v) is 11.8. The van der Waals surface area contributed by atoms with Crippen molar-refractivity contribution in [1.29, 1.82) is 0 Å². The lowest BCUT2D eigenvalue weighted by Gasteiger charge is -2.25. The highest BCUT2D eigenvalue weighted by Gasteiger charge is 2.27. The molecule has 1 N–H and O–H groups in total. The number of rotatable bonds is 7. The van der Waals surface area contributed by atoms with Crippen LogP contribution in [0.2, 0.25) is 0 Å². The summed E-state index contributed by atoms with van der Waals surface area (Å²) in [5.74, 6) is 1.23. The molecule has 2 aliphatic rings. The Balaban J connectivity index is 1.14. The third kappa shape index (κ3) is 4.97. The number of nitrogens with one attached hydrogen (secondary N) is 1. The summed E-state index contributed by atoms with van der Waals surface area (Å²) in [7, 11) is 0. The number of amides is 1. The Labute approximate surface area is 187 Å². The lowest BCUT2D eigenvalue weighted by atomic mass is 9.85. The van der Waals surface area contributed by atoms with Crippen molar-refractivity contribution in [2.75, 3.05) is 11.9 Å². The van der Waals surface area contributed by atoms with Crippen LogP contribution in [-0.2, 0) is 30.9 Å². The van der Waals surface area contributed by atoms with Gasteiger partial charge in [-0.25, -0.2) is 4.98 Å². The molecule has 160 valence electrons. The molecule has 0 bridgehead atoms. The molecule has 5 nitrogen and oxygen atoms in total. The standard InChI is InChI=1S/C25H27N3O2S/c29-24(20-7-4-8-20)27-25-26-22-13-14-28(16-23(22)31-25)15-18-9-11-21(12-10-18)30-17-19-5-2-1-3-6-19/h1-3,5-6,9-12,20H,4,7-8,13-17H2,(H,26,27,29). The van der Waals surface area contributed by atoms with E-state index in [0.29, 0.717) is 6.61 Å². The highest BCUT2D eigenvalue weighted by atomic mass is 32.1. The Morgan fingerprint density at radius 2 is 1.90 bits per heavy atom. The van der Waals surface area contributed by atoms with Crippen molar-refractivity contribution >= 4 is 22.4 Å². The Morgan fingerprint density at radius 1 is 1.10 bits per heavy atom. The number of ether oxygens (including phenoxy) is 1. The Morgan fingerprint density at radius 3 is 2.65 bits per heavy atom. The van der Waals surface area contributed by atoms with E-state index in [1.165, 1.54) is 22.4 Å². The second-order valence-electron chi connectivity index (χ2n) is 8.38. The molecule has 1 aliphatic heterocycles. The van der Waals surface area contributed by atoms with Gasteiger partial charge in [-0.2, -0.15) is 0 Å². The van der Waals surface area contributed by atoms with E-state index in [0.717, 1.165) is 55.5 Å². The SMILES string of the molecule is O=C(Nc1nc2c(s1)CN(Cc1ccc(OCc3ccccc3)cc1)CC2)C1CCC1. The van der Waals surface area contributed by atoms with Crippen LogP contribution in [-0.4, -0.2) is 22.3 Å². The molecule has 0 saturated heterocycles. The maximum atomic E-state index is 12.2. The molecule has 3 aromatic rings. The summed E-state index contributed by atoms with van der Waals surface area (Å²) < 4.78 is 5.89. The van der Waals surface area contributed by atoms with Crippen molar-refractivity contribution in [2.24, 2.45) is 5.92 Å². The van der Waals surface area contributed by atoms with Gasteiger partial charge in [-0.05, 0) is 36.1 Å². The van der Waals surface area contributed by atoms with E-state index in [2.05, 4.69) is 51.6 Å². The molecule has 1 aromatic heterocycles. The number of hydrogen-bond acceptors (Lipinski definition) is 5. The van der Waals surface area contributed by atoms with Gasteiger partial charge in [0.2, 0.25) is 5.91 Å². The summed E-state index contributed by atoms with van der Waals surface area (Å²) in [6.45, 7) is 3.36. The van der Waals surface area contributed by atoms with Crippen molar-refractivity contribution in [3.8, 4) is 5.75 Å². The number of carbonyl (C=O) groups excluding carboxylic acids is 1. The molecule has 31 heavy (non-hydrogen) atoms. The molecule has 2 aromatic carbocycles. The van der Waals surface area contributed by atoms with E-state index in [9.17, 15) is 4.79 Å². The van der Waals surface area contributed by atoms with Gasteiger partial charge < -0.3 is 10.1 Å². The predicted molar refractivity (Wildman–Crippen MR) is 123 cm³/mol. The van der Waals surface area contributed by atoms with Gasteiger partial charge in [0.1, 0.15) is 12.4 Å². The van der Waals surface area contributed by atoms with E-state index in [4.69, 9.17) is 4.74 Å². The van der Waals surface area contributed by atoms with E-state index in [1.807, 2.05) is 18.2 Å². The zero-order chi connectivity index (χ0) is 21.0. The summed E-state index contributed by atoms with van der Waals surface area (Å²) in [5, 5.41) is 3.80. The largest absolute Gasteiger partial charge is 0.489 e. The summed E-state index contributed by atoms with van der Waals surface area (Å²) in [6, 6.07) is 18.6. The van der Waals surface area contributed by atoms with Crippen molar-refractivity contribution < 1.29 is 9.53 Å². The van der Waals surface area contributed by atoms with Crippen molar-refractivity contribution in [3.63, 3.8) is 0 Å². The minimum absolute atomic E-state index is 0.142. The molecule has 1 amide bonds. The fraction of sp³-hybridized carbons (Fsp3) is 0.360. The van der Waals surface area contributed by atoms with Crippen molar-refractivity contribution in [2.45, 2.75) is 45.4 Å². The third-order valence-corrected chi connectivity index (χ3v) is 7.09. The van der Waals surface area contributed by atoms with E-state index in [1.54, 1.807) is 11.3 Å². The molecule has 1 saturated carbocycles. The van der Waals surface area contributed by atoms with Crippen LogP contribution < -0.4 is 10.1 Å². The van der Waals surface area contributed by atoms with Gasteiger partial charge >= 0.3 is 0 Å². The van der Waals surface area contributed by atoms with Gasteiger partial charge in [0, 0.05) is 36.9 Å². The molecule has 6 heteroatoms. The van der Waals surface area contributed by atoms with Crippen LogP contribution in [0.3, 0.4) is 0 Å². The molecule has 0 unspecified atom stereocenters. The first kappa shape index (κ1) is 20.2. The second kappa shape index (κ2) is 9.20. The number of thiazole rings is 1. The zero-order valence-corrected chi connectivity index (χ0v) is 18.4. The van der Waals surface area contributed by atoms with Gasteiger partial charge in [0.05, 0.1) is 5.69 Å². The summed E-state index contributed by atoms with van der Waals surface area (Å²) in [5.41, 5.74) is 3.59. The highest BCUT2D eigenvalue weighted by Crippen LogP contribution is 2.32. The molecule has 0 spiro atoms. The average Bonchev–Trinajstić information content (AvgIpc) is 3.14. The lowest BCUT2D eigenvalue weighted by molar-refractivity contribution is -0.122. The quantitative estimate of drug-likeness (QED) is 0.569. The van der Waals surface area contributed by atoms with Crippen LogP contribution in [0.4, 0.5) is 5.13 Å². The van der Waals surface area contributed by atoms with Crippen molar-refractivity contribution in [3.05, 3.63) is 76.3 Å². The Bertz CT molecular complexity index is 1030. The number of nitrogens with zero attached hydrogens (tertiary/aromatic N) is 2. The predicted octanol–water partition coefficient (Wildman–Crippen LogP) is 5.02. The molecular formula is C25H27N3O2S. The maximum Gasteiger partial charge on any atom is 0.229 e. The van der Waals surface area contributed by atoms with Crippen LogP contribution in [0, 0.1) is 5.92 Å². The highest BCUT2D eigenvalue weighted by molar-refractivity contribution is 7.15. The molecule has 1 fully saturated rings. The average molecular weight is 434 g/mol. The smallest absolute Gasteiger partial charge is 0.229 e. The van der Waals surface area contributed by atoms with Crippen LogP contribution in [0.1, 0.15) is 41.0 Å². The fourth-order valence-electron chi connectivity index (χ4n) is 4.00. The van der Waals surface area contributed by atoms with Gasteiger partial charge in [0.25, 0.3) is 0 Å². The second-order valence-corrected chi connectivity index (χ2v) is 9.47. The third-order valence-electron chi connectivity index (χ3n) is 6.09. The first-order chi connectivity index (χ1) is 15.2. The number of carbonyl (C=O) groups is 1. The fourth-order valence-corrected chi connectivity index (χ4v) is 5.06. The van der Waals surface area contributed by atoms with Gasteiger partial charge in [0.15, 0.2) is 5.13 Å². The number of aromatic nitrogens is 1. The van der Waals surface area contributed by atoms with E-state index >= 15 is 0 Å². The molecular weight excluding hydrogens is 406 g/mol. The number of anilines is 1. The van der Waals surface area contributed by atoms with Crippen molar-refractivity contribution in [1.82, 2.24) is 9.88 Å². The molecule has 1 aliphatic carbocycles. The van der Waals surface area contributed by atoms with Gasteiger partial charge in [-0.3, -0.25) is 9.69 Å². The van der Waals surface area contributed by atoms with E-state index < -0.39 is 0 Å². The summed E-state index contributed by atoms with van der Waals surface area (Å²) in [4.78, 5) is 20.6. The summed E-state index contributed by atoms with van der Waals surface area (Å²) in [6.07, 6.45) is 4.13. The number of fused-ring (bicyclic) bond motifs is 1. The molecule has 0 atom stereocenters. The number of benzene rings is 2. The topological polar surface area (TPSA) is 54.5 Å². The van der Waals surface area contributed by atoms with Gasteiger partial charge in [-0.1, -0.05) is 48.9 Å². The normalized spacial score (nSPS) is 16.4. The Hall–Kier alpha value is -2.70. The molecule has 2 heterocycles. The summed E-state index contributed by atoms with van der Waals surface area (Å²) >= 11 is 1.63. The molecule has 0 radical (unpaired) electrons. The maximum absolute atomic E-state index is 12.2. The monoisotopic (exact) mass is 433 g/mol. The minimum Gasteiger partial charge on any atom is -0.489 e. The van der Waals surface area contributed by atoms with Crippen LogP contribution in [0.15, 0.2) is 54.6 Å². The lowest BCUT2D eigenvalue weighted by Crippen LogP contribution is -2.29.